The van der Waals surface area contributed by atoms with Crippen LogP contribution in [0.2, 0.25) is 5.02 Å². The molecule has 1 aromatic heterocycles. The number of cyclic esters (lactones) is 1. The van der Waals surface area contributed by atoms with Gasteiger partial charge in [-0.1, -0.05) is 17.7 Å². The molecule has 1 aromatic carbocycles. The maximum Gasteiger partial charge on any atom is 0.306 e. The fourth-order valence-corrected chi connectivity index (χ4v) is 3.41. The highest BCUT2D eigenvalue weighted by molar-refractivity contribution is 6.31. The maximum atomic E-state index is 13.0. The van der Waals surface area contributed by atoms with Gasteiger partial charge in [-0.05, 0) is 17.7 Å². The molecule has 0 radical (unpaired) electrons. The summed E-state index contributed by atoms with van der Waals surface area (Å²) in [4.78, 5) is 26.0. The van der Waals surface area contributed by atoms with Gasteiger partial charge in [-0.2, -0.15) is 5.10 Å². The first-order valence-corrected chi connectivity index (χ1v) is 8.92. The molecular weight excluding hydrogens is 374 g/mol. The van der Waals surface area contributed by atoms with E-state index in [1.54, 1.807) is 22.8 Å². The Morgan fingerprint density at radius 1 is 1.33 bits per heavy atom. The number of aryl methyl sites for hydroxylation is 1. The number of nitrogens with zero attached hydrogens (tertiary/aromatic N) is 3. The Kier molecular flexibility index (Phi) is 4.65. The number of benzene rings is 1. The molecule has 4 rings (SSSR count). The number of ether oxygens (including phenoxy) is 3. The van der Waals surface area contributed by atoms with Gasteiger partial charge in [0.1, 0.15) is 5.69 Å². The van der Waals surface area contributed by atoms with Crippen molar-refractivity contribution < 1.29 is 23.8 Å². The molecule has 142 valence electrons. The average molecular weight is 392 g/mol. The van der Waals surface area contributed by atoms with Crippen LogP contribution in [0.5, 0.6) is 11.5 Å². The monoisotopic (exact) mass is 391 g/mol. The number of hydrogen-bond acceptors (Lipinski definition) is 6. The van der Waals surface area contributed by atoms with Crippen LogP contribution in [0.3, 0.4) is 0 Å². The highest BCUT2D eigenvalue weighted by Gasteiger charge is 2.34. The summed E-state index contributed by atoms with van der Waals surface area (Å²) in [6.07, 6.45) is 1.54. The minimum Gasteiger partial charge on any atom is -0.454 e. The predicted molar refractivity (Wildman–Crippen MR) is 94.2 cm³/mol. The van der Waals surface area contributed by atoms with Gasteiger partial charge < -0.3 is 19.1 Å². The molecule has 1 amide bonds. The molecule has 2 aliphatic heterocycles. The predicted octanol–water partition coefficient (Wildman–Crippen LogP) is 2.04. The lowest BCUT2D eigenvalue weighted by Gasteiger charge is -2.24. The lowest BCUT2D eigenvalue weighted by molar-refractivity contribution is -0.153. The number of halogens is 1. The molecule has 2 aliphatic rings. The smallest absolute Gasteiger partial charge is 0.306 e. The number of hydrogen-bond donors (Lipinski definition) is 0. The van der Waals surface area contributed by atoms with Gasteiger partial charge in [0.05, 0.1) is 11.6 Å². The van der Waals surface area contributed by atoms with Crippen molar-refractivity contribution in [3.63, 3.8) is 0 Å². The first-order valence-electron chi connectivity index (χ1n) is 8.54. The van der Waals surface area contributed by atoms with Crippen LogP contribution < -0.4 is 9.47 Å². The van der Waals surface area contributed by atoms with Crippen LogP contribution in [0.4, 0.5) is 0 Å². The minimum absolute atomic E-state index is 0.184. The summed E-state index contributed by atoms with van der Waals surface area (Å²) in [7, 11) is 1.76. The Balaban J connectivity index is 1.57. The summed E-state index contributed by atoms with van der Waals surface area (Å²) in [6, 6.07) is 5.52. The van der Waals surface area contributed by atoms with Crippen LogP contribution in [0.1, 0.15) is 24.1 Å². The molecule has 0 bridgehead atoms. The van der Waals surface area contributed by atoms with E-state index in [0.717, 1.165) is 5.56 Å². The van der Waals surface area contributed by atoms with Gasteiger partial charge in [-0.25, -0.2) is 0 Å². The number of fused-ring (bicyclic) bond motifs is 1. The van der Waals surface area contributed by atoms with Gasteiger partial charge in [-0.15, -0.1) is 0 Å². The van der Waals surface area contributed by atoms with E-state index < -0.39 is 6.10 Å². The van der Waals surface area contributed by atoms with Gasteiger partial charge in [-0.3, -0.25) is 14.3 Å². The number of aromatic nitrogens is 2. The summed E-state index contributed by atoms with van der Waals surface area (Å²) >= 11 is 6.21. The molecule has 0 aliphatic carbocycles. The molecule has 3 heterocycles. The molecule has 1 unspecified atom stereocenters. The number of carbonyl (C=O) groups is 2. The van der Waals surface area contributed by atoms with Crippen molar-refractivity contribution in [2.75, 3.05) is 6.79 Å². The van der Waals surface area contributed by atoms with Gasteiger partial charge in [0, 0.05) is 32.6 Å². The number of carbonyl (C=O) groups excluding carboxylic acids is 2. The van der Waals surface area contributed by atoms with Crippen molar-refractivity contribution in [2.45, 2.75) is 32.0 Å². The van der Waals surface area contributed by atoms with Crippen molar-refractivity contribution >= 4 is 23.5 Å². The molecule has 1 saturated heterocycles. The van der Waals surface area contributed by atoms with E-state index in [1.807, 2.05) is 18.2 Å². The largest absolute Gasteiger partial charge is 0.454 e. The Labute approximate surface area is 160 Å². The summed E-state index contributed by atoms with van der Waals surface area (Å²) in [5.41, 5.74) is 1.45. The second-order valence-corrected chi connectivity index (χ2v) is 6.90. The van der Waals surface area contributed by atoms with E-state index in [1.165, 1.54) is 0 Å². The van der Waals surface area contributed by atoms with Crippen LogP contribution in [0, 0.1) is 0 Å². The Morgan fingerprint density at radius 2 is 2.15 bits per heavy atom. The Bertz CT molecular complexity index is 897. The molecule has 1 atom stereocenters. The summed E-state index contributed by atoms with van der Waals surface area (Å²) < 4.78 is 17.5. The Morgan fingerprint density at radius 3 is 2.85 bits per heavy atom. The van der Waals surface area contributed by atoms with E-state index in [0.29, 0.717) is 35.2 Å². The molecule has 2 aromatic rings. The topological polar surface area (TPSA) is 82.9 Å². The maximum absolute atomic E-state index is 13.0. The second-order valence-electron chi connectivity index (χ2n) is 6.50. The number of amides is 1. The van der Waals surface area contributed by atoms with Gasteiger partial charge in [0.15, 0.2) is 17.6 Å². The highest BCUT2D eigenvalue weighted by Crippen LogP contribution is 2.33. The summed E-state index contributed by atoms with van der Waals surface area (Å²) in [5.74, 6) is 0.699. The third-order valence-electron chi connectivity index (χ3n) is 4.48. The van der Waals surface area contributed by atoms with Gasteiger partial charge in [0.25, 0.3) is 5.91 Å². The molecular formula is C18H18ClN3O5. The molecule has 0 N–H and O–H groups in total. The Hall–Kier alpha value is -2.74. The lowest BCUT2D eigenvalue weighted by Crippen LogP contribution is -2.38. The highest BCUT2D eigenvalue weighted by atomic mass is 35.5. The van der Waals surface area contributed by atoms with Crippen LogP contribution in [-0.4, -0.2) is 39.5 Å². The molecule has 0 spiro atoms. The molecule has 9 heteroatoms. The fraction of sp³-hybridized carbons (Fsp3) is 0.389. The molecule has 0 saturated carbocycles. The molecule has 8 nitrogen and oxygen atoms in total. The van der Waals surface area contributed by atoms with Crippen molar-refractivity contribution in [3.8, 4) is 11.5 Å². The van der Waals surface area contributed by atoms with Crippen molar-refractivity contribution in [3.05, 3.63) is 40.7 Å². The quantitative estimate of drug-likeness (QED) is 0.725. The summed E-state index contributed by atoms with van der Waals surface area (Å²) in [6.45, 7) is 0.695. The molecule has 1 fully saturated rings. The first kappa shape index (κ1) is 17.7. The first-order chi connectivity index (χ1) is 13.0. The van der Waals surface area contributed by atoms with E-state index in [-0.39, 0.29) is 31.6 Å². The van der Waals surface area contributed by atoms with E-state index in [9.17, 15) is 9.59 Å². The SMILES string of the molecule is Cn1cc(Cl)c(CN(Cc2ccc3c(c2)OCO3)C(=O)C2CCC(=O)O2)n1. The summed E-state index contributed by atoms with van der Waals surface area (Å²) in [5, 5.41) is 4.79. The van der Waals surface area contributed by atoms with E-state index >= 15 is 0 Å². The number of rotatable bonds is 5. The van der Waals surface area contributed by atoms with Gasteiger partial charge in [0.2, 0.25) is 6.79 Å². The third-order valence-corrected chi connectivity index (χ3v) is 4.79. The standard InChI is InChI=1S/C18H18ClN3O5/c1-21-8-12(19)13(20-21)9-22(18(24)15-4-5-17(23)27-15)7-11-2-3-14-16(6-11)26-10-25-14/h2-3,6,8,15H,4-5,7,9-10H2,1H3. The van der Waals surface area contributed by atoms with E-state index in [4.69, 9.17) is 25.8 Å². The van der Waals surface area contributed by atoms with Gasteiger partial charge >= 0.3 is 5.97 Å². The van der Waals surface area contributed by atoms with Crippen molar-refractivity contribution in [1.82, 2.24) is 14.7 Å². The van der Waals surface area contributed by atoms with Crippen LogP contribution in [-0.2, 0) is 34.5 Å². The normalized spacial score (nSPS) is 17.9. The molecule has 27 heavy (non-hydrogen) atoms. The zero-order valence-corrected chi connectivity index (χ0v) is 15.4. The van der Waals surface area contributed by atoms with Crippen molar-refractivity contribution in [2.24, 2.45) is 7.05 Å². The zero-order valence-electron chi connectivity index (χ0n) is 14.7. The third kappa shape index (κ3) is 3.71. The number of esters is 1. The minimum atomic E-state index is -0.769. The van der Waals surface area contributed by atoms with Crippen LogP contribution in [0.15, 0.2) is 24.4 Å². The lowest BCUT2D eigenvalue weighted by atomic mass is 10.1. The van der Waals surface area contributed by atoms with E-state index in [2.05, 4.69) is 5.10 Å². The average Bonchev–Trinajstić information content (AvgIpc) is 3.34. The zero-order chi connectivity index (χ0) is 19.0. The van der Waals surface area contributed by atoms with Crippen LogP contribution >= 0.6 is 11.6 Å². The second kappa shape index (κ2) is 7.11. The fourth-order valence-electron chi connectivity index (χ4n) is 3.17. The van der Waals surface area contributed by atoms with Crippen LogP contribution in [0.25, 0.3) is 0 Å². The van der Waals surface area contributed by atoms with Crippen molar-refractivity contribution in [1.29, 1.82) is 0 Å².